The maximum absolute atomic E-state index is 6.62. The first-order valence-corrected chi connectivity index (χ1v) is 19.3. The molecule has 4 heteroatoms. The number of hydrogen-bond acceptors (Lipinski definition) is 3. The summed E-state index contributed by atoms with van der Waals surface area (Å²) in [5.41, 5.74) is 13.7. The summed E-state index contributed by atoms with van der Waals surface area (Å²) in [7, 11) is 0. The number of hydrogen-bond donors (Lipinski definition) is 0. The molecule has 0 saturated heterocycles. The van der Waals surface area contributed by atoms with Crippen LogP contribution in [0.3, 0.4) is 0 Å². The first-order valence-electron chi connectivity index (χ1n) is 19.3. The van der Waals surface area contributed by atoms with E-state index in [2.05, 4.69) is 191 Å². The summed E-state index contributed by atoms with van der Waals surface area (Å²) in [6, 6.07) is 75.2. The minimum absolute atomic E-state index is 0.618. The van der Waals surface area contributed by atoms with Crippen LogP contribution in [0.25, 0.3) is 83.1 Å². The minimum Gasteiger partial charge on any atom is -0.435 e. The highest BCUT2D eigenvalue weighted by Gasteiger charge is 2.21. The third-order valence-corrected chi connectivity index (χ3v) is 11.0. The van der Waals surface area contributed by atoms with E-state index in [9.17, 15) is 0 Å². The summed E-state index contributed by atoms with van der Waals surface area (Å²) in [4.78, 5) is 7.44. The van der Waals surface area contributed by atoms with Crippen LogP contribution in [0.15, 0.2) is 217 Å². The van der Waals surface area contributed by atoms with Crippen molar-refractivity contribution in [2.24, 2.45) is 0 Å². The Kier molecular flexibility index (Phi) is 7.78. The molecule has 0 unspecified atom stereocenters. The molecular formula is C53H35N3O. The van der Waals surface area contributed by atoms with E-state index in [0.717, 1.165) is 72.4 Å². The minimum atomic E-state index is 0.618. The van der Waals surface area contributed by atoms with Gasteiger partial charge in [0.25, 0.3) is 0 Å². The Morgan fingerprint density at radius 1 is 0.421 bits per heavy atom. The van der Waals surface area contributed by atoms with Crippen molar-refractivity contribution >= 4 is 60.7 Å². The lowest BCUT2D eigenvalue weighted by molar-refractivity contribution is 0.621. The average molecular weight is 730 g/mol. The second-order valence-corrected chi connectivity index (χ2v) is 14.4. The number of nitrogens with zero attached hydrogens (tertiary/aromatic N) is 3. The molecule has 2 heterocycles. The van der Waals surface area contributed by atoms with Crippen LogP contribution in [-0.2, 0) is 0 Å². The molecular weight excluding hydrogens is 695 g/mol. The summed E-state index contributed by atoms with van der Waals surface area (Å²) in [6.07, 6.45) is 0. The van der Waals surface area contributed by atoms with E-state index >= 15 is 0 Å². The highest BCUT2D eigenvalue weighted by molar-refractivity contribution is 6.12. The Bertz CT molecular complexity index is 3220. The smallest absolute Gasteiger partial charge is 0.227 e. The standard InChI is InChI=1S/C53H35N3O/c1-4-16-36(17-5-1)43-23-12-14-26-48(43)55(42-32-33-50-47(35-42)45-25-13-15-27-49(45)56(50)40-21-8-3-9-22-40)41-30-28-37(29-31-41)46-34-39-20-10-11-24-44(39)51-52(46)57-53(54-51)38-18-6-2-7-19-38/h1-35H. The van der Waals surface area contributed by atoms with E-state index in [4.69, 9.17) is 9.40 Å². The molecule has 268 valence electrons. The fourth-order valence-corrected chi connectivity index (χ4v) is 8.37. The molecule has 0 atom stereocenters. The first kappa shape index (κ1) is 32.7. The molecule has 2 aromatic heterocycles. The van der Waals surface area contributed by atoms with Crippen LogP contribution >= 0.6 is 0 Å². The number of oxazole rings is 1. The van der Waals surface area contributed by atoms with Crippen LogP contribution in [-0.4, -0.2) is 9.55 Å². The molecule has 11 aromatic rings. The summed E-state index contributed by atoms with van der Waals surface area (Å²) in [6.45, 7) is 0. The van der Waals surface area contributed by atoms with Gasteiger partial charge in [-0.2, -0.15) is 0 Å². The third-order valence-electron chi connectivity index (χ3n) is 11.0. The summed E-state index contributed by atoms with van der Waals surface area (Å²) >= 11 is 0. The number of benzene rings is 9. The molecule has 11 rings (SSSR count). The van der Waals surface area contributed by atoms with Crippen LogP contribution in [0.5, 0.6) is 0 Å². The number of fused-ring (bicyclic) bond motifs is 6. The fourth-order valence-electron chi connectivity index (χ4n) is 8.37. The zero-order valence-electron chi connectivity index (χ0n) is 31.0. The lowest BCUT2D eigenvalue weighted by Crippen LogP contribution is -2.11. The van der Waals surface area contributed by atoms with Gasteiger partial charge in [-0.25, -0.2) is 4.98 Å². The second kappa shape index (κ2) is 13.6. The molecule has 0 N–H and O–H groups in total. The van der Waals surface area contributed by atoms with E-state index < -0.39 is 0 Å². The van der Waals surface area contributed by atoms with Crippen LogP contribution < -0.4 is 4.90 Å². The van der Waals surface area contributed by atoms with Gasteiger partial charge in [0.15, 0.2) is 5.58 Å². The molecule has 0 bridgehead atoms. The van der Waals surface area contributed by atoms with E-state index in [1.54, 1.807) is 0 Å². The lowest BCUT2D eigenvalue weighted by atomic mass is 9.98. The van der Waals surface area contributed by atoms with E-state index in [1.807, 2.05) is 30.3 Å². The second-order valence-electron chi connectivity index (χ2n) is 14.4. The third kappa shape index (κ3) is 5.58. The summed E-state index contributed by atoms with van der Waals surface area (Å²) < 4.78 is 8.98. The Balaban J connectivity index is 1.10. The molecule has 57 heavy (non-hydrogen) atoms. The van der Waals surface area contributed by atoms with Crippen molar-refractivity contribution in [1.29, 1.82) is 0 Å². The molecule has 0 radical (unpaired) electrons. The van der Waals surface area contributed by atoms with Crippen LogP contribution in [0, 0.1) is 0 Å². The molecule has 0 aliphatic heterocycles. The molecule has 0 fully saturated rings. The lowest BCUT2D eigenvalue weighted by Gasteiger charge is -2.28. The monoisotopic (exact) mass is 729 g/mol. The van der Waals surface area contributed by atoms with Crippen molar-refractivity contribution < 1.29 is 4.42 Å². The Hall–Kier alpha value is -7.69. The van der Waals surface area contributed by atoms with Crippen molar-refractivity contribution in [2.45, 2.75) is 0 Å². The van der Waals surface area contributed by atoms with Gasteiger partial charge >= 0.3 is 0 Å². The predicted octanol–water partition coefficient (Wildman–Crippen LogP) is 14.5. The van der Waals surface area contributed by atoms with Crippen molar-refractivity contribution in [3.63, 3.8) is 0 Å². The molecule has 0 saturated carbocycles. The van der Waals surface area contributed by atoms with Crippen molar-refractivity contribution in [1.82, 2.24) is 9.55 Å². The number of aromatic nitrogens is 2. The van der Waals surface area contributed by atoms with Gasteiger partial charge < -0.3 is 13.9 Å². The normalized spacial score (nSPS) is 11.5. The molecule has 4 nitrogen and oxygen atoms in total. The van der Waals surface area contributed by atoms with Crippen LogP contribution in [0.1, 0.15) is 0 Å². The predicted molar refractivity (Wildman–Crippen MR) is 237 cm³/mol. The van der Waals surface area contributed by atoms with Crippen molar-refractivity contribution in [3.05, 3.63) is 212 Å². The molecule has 0 aliphatic rings. The topological polar surface area (TPSA) is 34.2 Å². The Morgan fingerprint density at radius 2 is 1.02 bits per heavy atom. The van der Waals surface area contributed by atoms with Gasteiger partial charge in [-0.3, -0.25) is 0 Å². The quantitative estimate of drug-likeness (QED) is 0.164. The van der Waals surface area contributed by atoms with Crippen molar-refractivity contribution in [3.8, 4) is 39.4 Å². The molecule has 0 amide bonds. The van der Waals surface area contributed by atoms with E-state index in [1.165, 1.54) is 21.8 Å². The maximum atomic E-state index is 6.62. The zero-order chi connectivity index (χ0) is 37.7. The van der Waals surface area contributed by atoms with E-state index in [-0.39, 0.29) is 0 Å². The fraction of sp³-hybridized carbons (Fsp3) is 0. The largest absolute Gasteiger partial charge is 0.435 e. The summed E-state index contributed by atoms with van der Waals surface area (Å²) in [5, 5.41) is 4.61. The molecule has 0 spiro atoms. The molecule has 0 aliphatic carbocycles. The van der Waals surface area contributed by atoms with Gasteiger partial charge in [0.05, 0.1) is 16.7 Å². The van der Waals surface area contributed by atoms with Gasteiger partial charge in [-0.1, -0.05) is 140 Å². The van der Waals surface area contributed by atoms with Crippen LogP contribution in [0.4, 0.5) is 17.1 Å². The SMILES string of the molecule is c1ccc(-c2nc3c(o2)c(-c2ccc(N(c4ccc5c(c4)c4ccccc4n5-c4ccccc4)c4ccccc4-c4ccccc4)cc2)cc2ccccc23)cc1. The Morgan fingerprint density at radius 3 is 1.81 bits per heavy atom. The van der Waals surface area contributed by atoms with E-state index in [0.29, 0.717) is 5.89 Å². The van der Waals surface area contributed by atoms with Gasteiger partial charge in [0.1, 0.15) is 5.52 Å². The number of anilines is 3. The van der Waals surface area contributed by atoms with Gasteiger partial charge in [0.2, 0.25) is 5.89 Å². The molecule has 9 aromatic carbocycles. The van der Waals surface area contributed by atoms with Crippen molar-refractivity contribution in [2.75, 3.05) is 4.90 Å². The van der Waals surface area contributed by atoms with Crippen LogP contribution in [0.2, 0.25) is 0 Å². The zero-order valence-corrected chi connectivity index (χ0v) is 31.0. The average Bonchev–Trinajstić information content (AvgIpc) is 3.88. The number of rotatable bonds is 7. The Labute approximate surface area is 330 Å². The number of para-hydroxylation sites is 3. The van der Waals surface area contributed by atoms with Gasteiger partial charge in [-0.15, -0.1) is 0 Å². The highest BCUT2D eigenvalue weighted by Crippen LogP contribution is 2.44. The highest BCUT2D eigenvalue weighted by atomic mass is 16.3. The summed E-state index contributed by atoms with van der Waals surface area (Å²) in [5.74, 6) is 0.618. The first-order chi connectivity index (χ1) is 28.3. The van der Waals surface area contributed by atoms with Gasteiger partial charge in [0, 0.05) is 49.9 Å². The maximum Gasteiger partial charge on any atom is 0.227 e. The van der Waals surface area contributed by atoms with Gasteiger partial charge in [-0.05, 0) is 89.3 Å².